The Morgan fingerprint density at radius 3 is 2.44 bits per heavy atom. The summed E-state index contributed by atoms with van der Waals surface area (Å²) in [6.45, 7) is 1.68. The highest BCUT2D eigenvalue weighted by atomic mass is 79.9. The molecule has 1 aliphatic heterocycles. The highest BCUT2D eigenvalue weighted by Crippen LogP contribution is 2.10. The summed E-state index contributed by atoms with van der Waals surface area (Å²) >= 11 is 3.29. The number of amides is 1. The average molecular weight is 317 g/mol. The van der Waals surface area contributed by atoms with Gasteiger partial charge >= 0.3 is 0 Å². The fourth-order valence-corrected chi connectivity index (χ4v) is 1.61. The van der Waals surface area contributed by atoms with Crippen molar-refractivity contribution in [2.45, 2.75) is 12.5 Å². The fourth-order valence-electron chi connectivity index (χ4n) is 1.34. The highest BCUT2D eigenvalue weighted by molar-refractivity contribution is 9.10. The molecule has 100 valence electrons. The maximum absolute atomic E-state index is 10.4. The minimum atomic E-state index is -0.337. The lowest BCUT2D eigenvalue weighted by Gasteiger charge is -2.21. The summed E-state index contributed by atoms with van der Waals surface area (Å²) in [5.74, 6) is -0.337. The zero-order valence-corrected chi connectivity index (χ0v) is 11.6. The number of rotatable bonds is 2. The van der Waals surface area contributed by atoms with E-state index in [1.54, 1.807) is 0 Å². The van der Waals surface area contributed by atoms with Crippen LogP contribution in [0.25, 0.3) is 0 Å². The van der Waals surface area contributed by atoms with Gasteiger partial charge in [0.2, 0.25) is 5.91 Å². The summed E-state index contributed by atoms with van der Waals surface area (Å²) in [6, 6.07) is 7.53. The summed E-state index contributed by atoms with van der Waals surface area (Å²) < 4.78 is 11.3. The van der Waals surface area contributed by atoms with Gasteiger partial charge in [0, 0.05) is 10.2 Å². The maximum Gasteiger partial charge on any atom is 0.220 e. The second kappa shape index (κ2) is 8.07. The van der Waals surface area contributed by atoms with Crippen LogP contribution in [0, 0.1) is 0 Å². The fraction of sp³-hybridized carbons (Fsp3) is 0.417. The van der Waals surface area contributed by atoms with E-state index in [-0.39, 0.29) is 18.4 Å². The molecule has 4 N–H and O–H groups in total. The number of benzene rings is 1. The van der Waals surface area contributed by atoms with Crippen LogP contribution in [0.2, 0.25) is 0 Å². The third-order valence-electron chi connectivity index (χ3n) is 2.18. The summed E-state index contributed by atoms with van der Waals surface area (Å²) in [7, 11) is 0. The maximum atomic E-state index is 10.4. The Balaban J connectivity index is 0.000000184. The highest BCUT2D eigenvalue weighted by Gasteiger charge is 2.15. The first-order valence-electron chi connectivity index (χ1n) is 5.56. The van der Waals surface area contributed by atoms with E-state index in [0.29, 0.717) is 19.8 Å². The number of nitrogen functional groups attached to an aromatic ring is 1. The van der Waals surface area contributed by atoms with Gasteiger partial charge in [0.1, 0.15) is 0 Å². The van der Waals surface area contributed by atoms with Gasteiger partial charge < -0.3 is 20.9 Å². The van der Waals surface area contributed by atoms with Crippen LogP contribution in [-0.4, -0.2) is 31.8 Å². The van der Waals surface area contributed by atoms with Gasteiger partial charge in [-0.05, 0) is 24.3 Å². The zero-order valence-electron chi connectivity index (χ0n) is 9.97. The number of nitrogens with two attached hydrogens (primary N) is 2. The molecule has 1 aromatic rings. The number of hydrogen-bond donors (Lipinski definition) is 2. The van der Waals surface area contributed by atoms with E-state index in [1.807, 2.05) is 24.3 Å². The molecule has 0 aliphatic carbocycles. The zero-order chi connectivity index (χ0) is 13.4. The van der Waals surface area contributed by atoms with Crippen LogP contribution in [0.15, 0.2) is 28.7 Å². The molecule has 0 bridgehead atoms. The normalized spacial score (nSPS) is 18.6. The first kappa shape index (κ1) is 14.9. The van der Waals surface area contributed by atoms with E-state index in [2.05, 4.69) is 15.9 Å². The Kier molecular flexibility index (Phi) is 6.70. The standard InChI is InChI=1S/C6H6BrN.C6H11NO3/c7-5-1-3-6(8)4-2-5;7-6(8)3-5-4-9-1-2-10-5/h1-4H,8H2;5H,1-4H2,(H2,7,8). The lowest BCUT2D eigenvalue weighted by Crippen LogP contribution is -2.32. The van der Waals surface area contributed by atoms with Crippen LogP contribution in [0.5, 0.6) is 0 Å². The molecule has 0 radical (unpaired) electrons. The largest absolute Gasteiger partial charge is 0.399 e. The second-order valence-electron chi connectivity index (χ2n) is 3.79. The van der Waals surface area contributed by atoms with E-state index < -0.39 is 0 Å². The van der Waals surface area contributed by atoms with Gasteiger partial charge in [0.25, 0.3) is 0 Å². The minimum absolute atomic E-state index is 0.119. The number of carbonyl (C=O) groups is 1. The van der Waals surface area contributed by atoms with Crippen molar-refractivity contribution in [1.29, 1.82) is 0 Å². The number of carbonyl (C=O) groups excluding carboxylic acids is 1. The number of ether oxygens (including phenoxy) is 2. The molecule has 0 saturated carbocycles. The van der Waals surface area contributed by atoms with Gasteiger partial charge in [-0.15, -0.1) is 0 Å². The molecule has 5 nitrogen and oxygen atoms in total. The number of primary amides is 1. The van der Waals surface area contributed by atoms with E-state index in [0.717, 1.165) is 10.2 Å². The Hall–Kier alpha value is -1.11. The summed E-state index contributed by atoms with van der Waals surface area (Å²) in [5, 5.41) is 0. The molecule has 1 aliphatic rings. The minimum Gasteiger partial charge on any atom is -0.399 e. The molecule has 1 heterocycles. The van der Waals surface area contributed by atoms with Crippen molar-refractivity contribution >= 4 is 27.5 Å². The Bertz CT molecular complexity index is 343. The smallest absolute Gasteiger partial charge is 0.220 e. The van der Waals surface area contributed by atoms with E-state index in [9.17, 15) is 4.79 Å². The van der Waals surface area contributed by atoms with Crippen molar-refractivity contribution in [3.05, 3.63) is 28.7 Å². The summed E-state index contributed by atoms with van der Waals surface area (Å²) in [5.41, 5.74) is 11.2. The van der Waals surface area contributed by atoms with Crippen LogP contribution in [-0.2, 0) is 14.3 Å². The molecule has 1 saturated heterocycles. The first-order chi connectivity index (χ1) is 8.58. The van der Waals surface area contributed by atoms with Crippen LogP contribution >= 0.6 is 15.9 Å². The van der Waals surface area contributed by atoms with Gasteiger partial charge in [-0.1, -0.05) is 15.9 Å². The molecule has 1 unspecified atom stereocenters. The molecule has 0 spiro atoms. The van der Waals surface area contributed by atoms with Crippen molar-refractivity contribution < 1.29 is 14.3 Å². The molecular formula is C12H17BrN2O3. The summed E-state index contributed by atoms with van der Waals surface area (Å²) in [6.07, 6.45) is 0.145. The van der Waals surface area contributed by atoms with E-state index in [1.165, 1.54) is 0 Å². The molecule has 0 aromatic heterocycles. The van der Waals surface area contributed by atoms with Crippen LogP contribution in [0.3, 0.4) is 0 Å². The van der Waals surface area contributed by atoms with Crippen molar-refractivity contribution in [3.63, 3.8) is 0 Å². The van der Waals surface area contributed by atoms with E-state index >= 15 is 0 Å². The van der Waals surface area contributed by atoms with Gasteiger partial charge in [0.05, 0.1) is 32.3 Å². The number of halogens is 1. The van der Waals surface area contributed by atoms with Crippen LogP contribution in [0.1, 0.15) is 6.42 Å². The first-order valence-corrected chi connectivity index (χ1v) is 6.36. The molecule has 2 rings (SSSR count). The predicted octanol–water partition coefficient (Wildman–Crippen LogP) is 1.31. The van der Waals surface area contributed by atoms with Crippen molar-refractivity contribution in [3.8, 4) is 0 Å². The molecule has 1 aromatic carbocycles. The SMILES string of the molecule is NC(=O)CC1COCCO1.Nc1ccc(Br)cc1. The lowest BCUT2D eigenvalue weighted by molar-refractivity contribution is -0.128. The van der Waals surface area contributed by atoms with Crippen LogP contribution in [0.4, 0.5) is 5.69 Å². The molecular weight excluding hydrogens is 300 g/mol. The third-order valence-corrected chi connectivity index (χ3v) is 2.71. The van der Waals surface area contributed by atoms with Gasteiger partial charge in [0.15, 0.2) is 0 Å². The predicted molar refractivity (Wildman–Crippen MR) is 72.9 cm³/mol. The Morgan fingerprint density at radius 2 is 2.00 bits per heavy atom. The molecule has 6 heteroatoms. The van der Waals surface area contributed by atoms with Crippen molar-refractivity contribution in [2.24, 2.45) is 5.73 Å². The van der Waals surface area contributed by atoms with E-state index in [4.69, 9.17) is 20.9 Å². The van der Waals surface area contributed by atoms with Gasteiger partial charge in [-0.3, -0.25) is 4.79 Å². The second-order valence-corrected chi connectivity index (χ2v) is 4.71. The lowest BCUT2D eigenvalue weighted by atomic mass is 10.2. The molecule has 1 fully saturated rings. The molecule has 1 atom stereocenters. The molecule has 18 heavy (non-hydrogen) atoms. The van der Waals surface area contributed by atoms with Crippen LogP contribution < -0.4 is 11.5 Å². The topological polar surface area (TPSA) is 87.6 Å². The monoisotopic (exact) mass is 316 g/mol. The van der Waals surface area contributed by atoms with Gasteiger partial charge in [-0.25, -0.2) is 0 Å². The summed E-state index contributed by atoms with van der Waals surface area (Å²) in [4.78, 5) is 10.4. The number of hydrogen-bond acceptors (Lipinski definition) is 4. The van der Waals surface area contributed by atoms with Crippen molar-refractivity contribution in [2.75, 3.05) is 25.6 Å². The molecule has 1 amide bonds. The van der Waals surface area contributed by atoms with Gasteiger partial charge in [-0.2, -0.15) is 0 Å². The number of anilines is 1. The Morgan fingerprint density at radius 1 is 1.33 bits per heavy atom. The Labute approximate surface area is 115 Å². The quantitative estimate of drug-likeness (QED) is 0.805. The third kappa shape index (κ3) is 6.58. The average Bonchev–Trinajstić information content (AvgIpc) is 2.34. The van der Waals surface area contributed by atoms with Crippen molar-refractivity contribution in [1.82, 2.24) is 0 Å².